The summed E-state index contributed by atoms with van der Waals surface area (Å²) in [4.78, 5) is 16.7. The lowest BCUT2D eigenvalue weighted by Gasteiger charge is -2.06. The SMILES string of the molecule is CNS(=O)(=O)c1ccc(F)c(C(=O)OCc2nc(-c3cccs3)no2)c1. The standard InChI is InChI=1S/C15H12FN3O5S2/c1-17-26(21,22)9-4-5-11(16)10(7-9)15(20)23-8-13-18-14(19-24-13)12-3-2-6-25-12/h2-7,17H,8H2,1H3. The molecule has 0 radical (unpaired) electrons. The van der Waals surface area contributed by atoms with E-state index in [-0.39, 0.29) is 17.4 Å². The molecule has 0 unspecified atom stereocenters. The number of hydrogen-bond donors (Lipinski definition) is 1. The van der Waals surface area contributed by atoms with Crippen LogP contribution in [0, 0.1) is 5.82 Å². The van der Waals surface area contributed by atoms with Crippen molar-refractivity contribution in [1.82, 2.24) is 14.9 Å². The van der Waals surface area contributed by atoms with E-state index in [1.165, 1.54) is 18.4 Å². The second-order valence-corrected chi connectivity index (χ2v) is 7.75. The number of aromatic nitrogens is 2. The van der Waals surface area contributed by atoms with Crippen molar-refractivity contribution in [3.8, 4) is 10.7 Å². The Hall–Kier alpha value is -2.63. The first-order valence-corrected chi connectivity index (χ1v) is 9.53. The van der Waals surface area contributed by atoms with Gasteiger partial charge < -0.3 is 9.26 Å². The molecule has 3 rings (SSSR count). The van der Waals surface area contributed by atoms with E-state index in [1.54, 1.807) is 6.07 Å². The minimum absolute atomic E-state index is 0.0289. The maximum Gasteiger partial charge on any atom is 0.341 e. The first kappa shape index (κ1) is 18.2. The topological polar surface area (TPSA) is 111 Å². The minimum atomic E-state index is -3.82. The van der Waals surface area contributed by atoms with Crippen molar-refractivity contribution in [1.29, 1.82) is 0 Å². The second-order valence-electron chi connectivity index (χ2n) is 4.91. The van der Waals surface area contributed by atoms with Crippen molar-refractivity contribution in [3.63, 3.8) is 0 Å². The highest BCUT2D eigenvalue weighted by Gasteiger charge is 2.20. The number of nitrogens with one attached hydrogen (secondary N) is 1. The Morgan fingerprint density at radius 2 is 2.19 bits per heavy atom. The van der Waals surface area contributed by atoms with Gasteiger partial charge in [0.05, 0.1) is 15.3 Å². The Morgan fingerprint density at radius 3 is 2.88 bits per heavy atom. The molecule has 8 nitrogen and oxygen atoms in total. The van der Waals surface area contributed by atoms with Crippen molar-refractivity contribution < 1.29 is 26.9 Å². The summed E-state index contributed by atoms with van der Waals surface area (Å²) in [7, 11) is -2.62. The fourth-order valence-corrected chi connectivity index (χ4v) is 3.38. The smallest absolute Gasteiger partial charge is 0.341 e. The summed E-state index contributed by atoms with van der Waals surface area (Å²) in [6.07, 6.45) is 0. The van der Waals surface area contributed by atoms with Gasteiger partial charge in [-0.05, 0) is 36.7 Å². The van der Waals surface area contributed by atoms with E-state index in [1.807, 2.05) is 11.4 Å². The number of thiophene rings is 1. The number of esters is 1. The third-order valence-electron chi connectivity index (χ3n) is 3.27. The average Bonchev–Trinajstić information content (AvgIpc) is 3.31. The fraction of sp³-hybridized carbons (Fsp3) is 0.133. The Bertz CT molecular complexity index is 1030. The first-order valence-electron chi connectivity index (χ1n) is 7.17. The van der Waals surface area contributed by atoms with Gasteiger partial charge in [-0.25, -0.2) is 22.3 Å². The zero-order valence-corrected chi connectivity index (χ0v) is 14.9. The zero-order chi connectivity index (χ0) is 18.7. The van der Waals surface area contributed by atoms with Crippen molar-refractivity contribution in [3.05, 3.63) is 53.0 Å². The molecule has 0 saturated carbocycles. The predicted octanol–water partition coefficient (Wildman–Crippen LogP) is 2.20. The van der Waals surface area contributed by atoms with E-state index >= 15 is 0 Å². The third kappa shape index (κ3) is 3.79. The van der Waals surface area contributed by atoms with Crippen molar-refractivity contribution in [2.24, 2.45) is 0 Å². The lowest BCUT2D eigenvalue weighted by molar-refractivity contribution is 0.0424. The quantitative estimate of drug-likeness (QED) is 0.635. The molecule has 1 N–H and O–H groups in total. The van der Waals surface area contributed by atoms with Gasteiger partial charge in [0.25, 0.3) is 5.89 Å². The van der Waals surface area contributed by atoms with Crippen molar-refractivity contribution >= 4 is 27.3 Å². The molecule has 0 aliphatic heterocycles. The van der Waals surface area contributed by atoms with Gasteiger partial charge >= 0.3 is 5.97 Å². The highest BCUT2D eigenvalue weighted by atomic mass is 32.2. The first-order chi connectivity index (χ1) is 12.4. The van der Waals surface area contributed by atoms with Gasteiger partial charge in [0.2, 0.25) is 15.8 Å². The van der Waals surface area contributed by atoms with E-state index in [0.29, 0.717) is 5.82 Å². The number of halogens is 1. The lowest BCUT2D eigenvalue weighted by atomic mass is 10.2. The number of hydrogen-bond acceptors (Lipinski definition) is 8. The van der Waals surface area contributed by atoms with Crippen LogP contribution in [0.5, 0.6) is 0 Å². The third-order valence-corrected chi connectivity index (χ3v) is 5.55. The summed E-state index contributed by atoms with van der Waals surface area (Å²) >= 11 is 1.41. The van der Waals surface area contributed by atoms with E-state index in [4.69, 9.17) is 9.26 Å². The molecule has 26 heavy (non-hydrogen) atoms. The van der Waals surface area contributed by atoms with Gasteiger partial charge in [-0.15, -0.1) is 11.3 Å². The largest absolute Gasteiger partial charge is 0.452 e. The average molecular weight is 397 g/mol. The molecule has 0 saturated heterocycles. The Labute approximate surface area is 151 Å². The molecule has 11 heteroatoms. The number of carbonyl (C=O) groups excluding carboxylic acids is 1. The minimum Gasteiger partial charge on any atom is -0.452 e. The number of benzene rings is 1. The Kier molecular flexibility index (Phi) is 5.11. The van der Waals surface area contributed by atoms with Crippen LogP contribution in [-0.4, -0.2) is 31.6 Å². The summed E-state index contributed by atoms with van der Waals surface area (Å²) in [6, 6.07) is 6.44. The van der Waals surface area contributed by atoms with Crippen molar-refractivity contribution in [2.75, 3.05) is 7.05 Å². The Balaban J connectivity index is 1.73. The van der Waals surface area contributed by atoms with Gasteiger partial charge in [-0.1, -0.05) is 11.2 Å². The van der Waals surface area contributed by atoms with Gasteiger partial charge in [0, 0.05) is 0 Å². The summed E-state index contributed by atoms with van der Waals surface area (Å²) in [5.74, 6) is -1.58. The number of sulfonamides is 1. The van der Waals surface area contributed by atoms with E-state index < -0.39 is 27.4 Å². The molecule has 2 heterocycles. The van der Waals surface area contributed by atoms with Crippen LogP contribution in [0.25, 0.3) is 10.7 Å². The van der Waals surface area contributed by atoms with Crippen LogP contribution in [0.15, 0.2) is 45.1 Å². The highest BCUT2D eigenvalue weighted by Crippen LogP contribution is 2.22. The molecule has 3 aromatic rings. The van der Waals surface area contributed by atoms with Crippen LogP contribution in [0.4, 0.5) is 4.39 Å². The van der Waals surface area contributed by atoms with Crippen LogP contribution in [0.2, 0.25) is 0 Å². The summed E-state index contributed by atoms with van der Waals surface area (Å²) in [5, 5.41) is 5.60. The summed E-state index contributed by atoms with van der Waals surface area (Å²) < 4.78 is 49.4. The van der Waals surface area contributed by atoms with E-state index in [0.717, 1.165) is 23.1 Å². The molecule has 0 amide bonds. The molecule has 0 bridgehead atoms. The molecule has 1 aromatic carbocycles. The molecule has 0 spiro atoms. The van der Waals surface area contributed by atoms with Crippen LogP contribution in [0.1, 0.15) is 16.2 Å². The molecule has 0 fully saturated rings. The Morgan fingerprint density at radius 1 is 1.38 bits per heavy atom. The molecule has 136 valence electrons. The van der Waals surface area contributed by atoms with Crippen LogP contribution in [-0.2, 0) is 21.4 Å². The van der Waals surface area contributed by atoms with Gasteiger partial charge in [-0.2, -0.15) is 4.98 Å². The molecule has 0 atom stereocenters. The molecular weight excluding hydrogens is 385 g/mol. The fourth-order valence-electron chi connectivity index (χ4n) is 1.97. The monoisotopic (exact) mass is 397 g/mol. The molecular formula is C15H12FN3O5S2. The van der Waals surface area contributed by atoms with E-state index in [2.05, 4.69) is 14.9 Å². The van der Waals surface area contributed by atoms with Gasteiger partial charge in [0.1, 0.15) is 5.82 Å². The van der Waals surface area contributed by atoms with Gasteiger partial charge in [-0.3, -0.25) is 0 Å². The van der Waals surface area contributed by atoms with E-state index in [9.17, 15) is 17.6 Å². The lowest BCUT2D eigenvalue weighted by Crippen LogP contribution is -2.19. The van der Waals surface area contributed by atoms with Crippen LogP contribution in [0.3, 0.4) is 0 Å². The van der Waals surface area contributed by atoms with Crippen LogP contribution < -0.4 is 4.72 Å². The zero-order valence-electron chi connectivity index (χ0n) is 13.3. The maximum atomic E-state index is 13.9. The van der Waals surface area contributed by atoms with Gasteiger partial charge in [0.15, 0.2) is 6.61 Å². The summed E-state index contributed by atoms with van der Waals surface area (Å²) in [5.41, 5.74) is -0.515. The normalized spacial score (nSPS) is 11.5. The highest BCUT2D eigenvalue weighted by molar-refractivity contribution is 7.89. The maximum absolute atomic E-state index is 13.9. The number of nitrogens with zero attached hydrogens (tertiary/aromatic N) is 2. The predicted molar refractivity (Wildman–Crippen MR) is 89.4 cm³/mol. The van der Waals surface area contributed by atoms with Crippen LogP contribution >= 0.6 is 11.3 Å². The molecule has 0 aliphatic rings. The molecule has 2 aromatic heterocycles. The van der Waals surface area contributed by atoms with Crippen molar-refractivity contribution in [2.45, 2.75) is 11.5 Å². The number of ether oxygens (including phenoxy) is 1. The second kappa shape index (κ2) is 7.32. The summed E-state index contributed by atoms with van der Waals surface area (Å²) in [6.45, 7) is -0.375. The number of rotatable bonds is 6. The molecule has 0 aliphatic carbocycles. The number of carbonyl (C=O) groups is 1.